The second-order valence-corrected chi connectivity index (χ2v) is 5.40. The Hall–Kier alpha value is -3.75. The Kier molecular flexibility index (Phi) is 6.43. The topological polar surface area (TPSA) is 117 Å². The molecule has 0 spiro atoms. The van der Waals surface area contributed by atoms with Gasteiger partial charge in [0, 0.05) is 12.3 Å². The lowest BCUT2D eigenvalue weighted by molar-refractivity contribution is -0.139. The van der Waals surface area contributed by atoms with Gasteiger partial charge < -0.3 is 29.6 Å². The molecule has 148 valence electrons. The maximum atomic E-state index is 12.5. The molecule has 1 aliphatic rings. The number of nitrogens with two attached hydrogens (primary N) is 1. The van der Waals surface area contributed by atoms with E-state index in [-0.39, 0.29) is 34.0 Å². The van der Waals surface area contributed by atoms with E-state index in [0.717, 1.165) is 0 Å². The number of ether oxygens (including phenoxy) is 4. The van der Waals surface area contributed by atoms with Crippen molar-refractivity contribution < 1.29 is 33.3 Å². The van der Waals surface area contributed by atoms with Crippen molar-refractivity contribution in [2.24, 2.45) is 5.73 Å². The highest BCUT2D eigenvalue weighted by atomic mass is 16.5. The van der Waals surface area contributed by atoms with Gasteiger partial charge >= 0.3 is 11.9 Å². The molecular weight excluding hydrogens is 368 g/mol. The summed E-state index contributed by atoms with van der Waals surface area (Å²) in [5.74, 6) is -1.79. The lowest BCUT2D eigenvalue weighted by atomic mass is 10.1. The molecule has 0 saturated heterocycles. The minimum absolute atomic E-state index is 0.0369. The zero-order valence-electron chi connectivity index (χ0n) is 15.8. The smallest absolute Gasteiger partial charge is 0.355 e. The normalized spacial score (nSPS) is 13.1. The first-order chi connectivity index (χ1) is 13.4. The predicted octanol–water partition coefficient (Wildman–Crippen LogP) is 1.29. The molecule has 1 aromatic rings. The van der Waals surface area contributed by atoms with Crippen LogP contribution in [0.3, 0.4) is 0 Å². The summed E-state index contributed by atoms with van der Waals surface area (Å²) in [4.78, 5) is 38.1. The van der Waals surface area contributed by atoms with Crippen molar-refractivity contribution in [2.45, 2.75) is 0 Å². The lowest BCUT2D eigenvalue weighted by Gasteiger charge is -2.25. The van der Waals surface area contributed by atoms with E-state index in [1.807, 2.05) is 0 Å². The van der Waals surface area contributed by atoms with Gasteiger partial charge in [-0.05, 0) is 18.2 Å². The maximum absolute atomic E-state index is 12.5. The molecule has 9 nitrogen and oxygen atoms in total. The van der Waals surface area contributed by atoms with Gasteiger partial charge in [0.15, 0.2) is 11.5 Å². The highest BCUT2D eigenvalue weighted by Gasteiger charge is 2.30. The summed E-state index contributed by atoms with van der Waals surface area (Å²) >= 11 is 0. The van der Waals surface area contributed by atoms with E-state index in [1.165, 1.54) is 57.7 Å². The summed E-state index contributed by atoms with van der Waals surface area (Å²) in [6.07, 6.45) is 5.99. The second-order valence-electron chi connectivity index (χ2n) is 5.40. The van der Waals surface area contributed by atoms with Crippen LogP contribution in [-0.2, 0) is 19.1 Å². The molecule has 2 N–H and O–H groups in total. The molecule has 28 heavy (non-hydrogen) atoms. The van der Waals surface area contributed by atoms with E-state index in [2.05, 4.69) is 0 Å². The first-order valence-electron chi connectivity index (χ1n) is 8.00. The van der Waals surface area contributed by atoms with E-state index in [4.69, 9.17) is 24.7 Å². The van der Waals surface area contributed by atoms with Gasteiger partial charge in [-0.3, -0.25) is 4.79 Å². The number of nitrogens with zero attached hydrogens (tertiary/aromatic N) is 1. The van der Waals surface area contributed by atoms with Crippen LogP contribution in [0.25, 0.3) is 0 Å². The van der Waals surface area contributed by atoms with Crippen molar-refractivity contribution in [3.63, 3.8) is 0 Å². The van der Waals surface area contributed by atoms with Crippen molar-refractivity contribution >= 4 is 23.5 Å². The van der Waals surface area contributed by atoms with Crippen molar-refractivity contribution in [3.8, 4) is 11.5 Å². The molecule has 2 rings (SSSR count). The van der Waals surface area contributed by atoms with Crippen LogP contribution in [0, 0.1) is 0 Å². The molecular formula is C19H20N2O7. The minimum atomic E-state index is -0.818. The SMILES string of the molecule is COC(=O)C1=C(C(=O)OC)N(c2cc(OC)c(OC)cc2C(N)=O)C=CC=C1. The van der Waals surface area contributed by atoms with Gasteiger partial charge in [-0.15, -0.1) is 0 Å². The standard InChI is InChI=1S/C19H20N2O7/c1-25-14-9-12(17(20)22)13(10-15(14)26-2)21-8-6-5-7-11(18(23)27-3)16(21)19(24)28-4/h5-10H,1-4H3,(H2,20,22). The van der Waals surface area contributed by atoms with Gasteiger partial charge in [0.1, 0.15) is 5.70 Å². The highest BCUT2D eigenvalue weighted by molar-refractivity contribution is 6.07. The molecule has 0 atom stereocenters. The molecule has 1 aliphatic heterocycles. The summed E-state index contributed by atoms with van der Waals surface area (Å²) in [7, 11) is 5.19. The number of primary amides is 1. The van der Waals surface area contributed by atoms with Crippen LogP contribution in [0.1, 0.15) is 10.4 Å². The van der Waals surface area contributed by atoms with Crippen molar-refractivity contribution in [3.05, 3.63) is 53.4 Å². The number of hydrogen-bond donors (Lipinski definition) is 1. The third-order valence-corrected chi connectivity index (χ3v) is 3.92. The fraction of sp³-hybridized carbons (Fsp3) is 0.211. The predicted molar refractivity (Wildman–Crippen MR) is 99.9 cm³/mol. The Morgan fingerprint density at radius 1 is 0.893 bits per heavy atom. The van der Waals surface area contributed by atoms with Gasteiger partial charge in [0.2, 0.25) is 0 Å². The minimum Gasteiger partial charge on any atom is -0.493 e. The Labute approximate surface area is 161 Å². The number of methoxy groups -OCH3 is 4. The molecule has 0 saturated carbocycles. The Balaban J connectivity index is 2.84. The number of esters is 2. The molecule has 1 aromatic carbocycles. The van der Waals surface area contributed by atoms with E-state index in [9.17, 15) is 14.4 Å². The number of amides is 1. The molecule has 1 amide bonds. The lowest BCUT2D eigenvalue weighted by Crippen LogP contribution is -2.29. The molecule has 9 heteroatoms. The van der Waals surface area contributed by atoms with Gasteiger partial charge in [0.25, 0.3) is 5.91 Å². The highest BCUT2D eigenvalue weighted by Crippen LogP contribution is 2.37. The van der Waals surface area contributed by atoms with Crippen LogP contribution in [0.15, 0.2) is 47.8 Å². The molecule has 0 aromatic heterocycles. The van der Waals surface area contributed by atoms with Gasteiger partial charge in [0.05, 0.1) is 45.3 Å². The van der Waals surface area contributed by atoms with Gasteiger partial charge in [-0.2, -0.15) is 0 Å². The first-order valence-corrected chi connectivity index (χ1v) is 8.00. The number of carbonyl (C=O) groups excluding carboxylic acids is 3. The summed E-state index contributed by atoms with van der Waals surface area (Å²) in [5, 5.41) is 0. The largest absolute Gasteiger partial charge is 0.493 e. The second kappa shape index (κ2) is 8.76. The molecule has 0 fully saturated rings. The Bertz CT molecular complexity index is 900. The third-order valence-electron chi connectivity index (χ3n) is 3.92. The first kappa shape index (κ1) is 20.6. The fourth-order valence-electron chi connectivity index (χ4n) is 2.62. The molecule has 0 unspecified atom stereocenters. The van der Waals surface area contributed by atoms with Crippen LogP contribution in [0.2, 0.25) is 0 Å². The molecule has 1 heterocycles. The third kappa shape index (κ3) is 3.83. The number of hydrogen-bond acceptors (Lipinski definition) is 8. The van der Waals surface area contributed by atoms with Crippen molar-refractivity contribution in [1.29, 1.82) is 0 Å². The summed E-state index contributed by atoms with van der Waals surface area (Å²) < 4.78 is 20.1. The van der Waals surface area contributed by atoms with E-state index >= 15 is 0 Å². The van der Waals surface area contributed by atoms with Crippen molar-refractivity contribution in [1.82, 2.24) is 0 Å². The average molecular weight is 388 g/mol. The fourth-order valence-corrected chi connectivity index (χ4v) is 2.62. The Morgan fingerprint density at radius 2 is 1.50 bits per heavy atom. The van der Waals surface area contributed by atoms with Crippen LogP contribution in [-0.4, -0.2) is 46.3 Å². The zero-order chi connectivity index (χ0) is 20.8. The summed E-state index contributed by atoms with van der Waals surface area (Å²) in [6, 6.07) is 2.85. The molecule has 0 aliphatic carbocycles. The number of rotatable bonds is 6. The zero-order valence-corrected chi connectivity index (χ0v) is 15.8. The van der Waals surface area contributed by atoms with Gasteiger partial charge in [-0.1, -0.05) is 6.08 Å². The summed E-state index contributed by atoms with van der Waals surface area (Å²) in [6.45, 7) is 0. The molecule has 0 bridgehead atoms. The summed E-state index contributed by atoms with van der Waals surface area (Å²) in [5.41, 5.74) is 5.52. The number of anilines is 1. The van der Waals surface area contributed by atoms with Crippen LogP contribution < -0.4 is 20.1 Å². The Morgan fingerprint density at radius 3 is 2.04 bits per heavy atom. The number of allylic oxidation sites excluding steroid dienone is 2. The van der Waals surface area contributed by atoms with E-state index in [0.29, 0.717) is 0 Å². The van der Waals surface area contributed by atoms with E-state index < -0.39 is 17.8 Å². The maximum Gasteiger partial charge on any atom is 0.355 e. The number of benzene rings is 1. The van der Waals surface area contributed by atoms with Crippen LogP contribution in [0.4, 0.5) is 5.69 Å². The van der Waals surface area contributed by atoms with Crippen LogP contribution in [0.5, 0.6) is 11.5 Å². The van der Waals surface area contributed by atoms with Crippen LogP contribution >= 0.6 is 0 Å². The van der Waals surface area contributed by atoms with E-state index in [1.54, 1.807) is 12.2 Å². The number of carbonyl (C=O) groups is 3. The monoisotopic (exact) mass is 388 g/mol. The van der Waals surface area contributed by atoms with Crippen molar-refractivity contribution in [2.75, 3.05) is 33.3 Å². The molecule has 0 radical (unpaired) electrons. The quantitative estimate of drug-likeness (QED) is 0.725. The average Bonchev–Trinajstić information content (AvgIpc) is 2.94. The van der Waals surface area contributed by atoms with Gasteiger partial charge in [-0.25, -0.2) is 9.59 Å².